The van der Waals surface area contributed by atoms with Crippen LogP contribution in [0.5, 0.6) is 0 Å². The summed E-state index contributed by atoms with van der Waals surface area (Å²) >= 11 is 0. The standard InChI is InChI=1S/C51H86N8O10/c1-17-32(4)42(58(14)47(64)41(31(2)3)55-48(65)51(56(11)12)25-20-26-51)39(67-15)30-40(60)59-27-19-23-38(59)43(68-16)33(5)46(63)57(13)28-24-36-21-18-22-37(29-36)54-45(62)34(6)52-44(61)35(7)53-49(66)69-50(8,9)10/h18,21-22,29,31-35,38-39,41-43H,17,19-20,23-28,30H2,1-16H3,(H,52,61)(H,53,66)(H,54,62)(H,55,65)/t32-,33+,34-,35-,38-,39+,41-,42-,43+/m0/s1. The second kappa shape index (κ2) is 25.9. The Hall–Kier alpha value is -4.81. The fraction of sp³-hybridized carbons (Fsp3) is 0.745. The Morgan fingerprint density at radius 3 is 2.01 bits per heavy atom. The van der Waals surface area contributed by atoms with E-state index in [-0.39, 0.29) is 47.9 Å². The molecule has 4 N–H and O–H groups in total. The Morgan fingerprint density at radius 2 is 1.48 bits per heavy atom. The van der Waals surface area contributed by atoms with Crippen molar-refractivity contribution in [1.82, 2.24) is 35.6 Å². The van der Waals surface area contributed by atoms with E-state index in [4.69, 9.17) is 14.2 Å². The molecule has 1 saturated carbocycles. The Morgan fingerprint density at radius 1 is 0.841 bits per heavy atom. The predicted octanol–water partition coefficient (Wildman–Crippen LogP) is 4.59. The van der Waals surface area contributed by atoms with Gasteiger partial charge in [0.2, 0.25) is 35.4 Å². The highest BCUT2D eigenvalue weighted by Gasteiger charge is 2.48. The first-order valence-electron chi connectivity index (χ1n) is 24.8. The summed E-state index contributed by atoms with van der Waals surface area (Å²) in [6, 6.07) is 3.81. The van der Waals surface area contributed by atoms with Crippen molar-refractivity contribution in [2.45, 2.75) is 174 Å². The first kappa shape index (κ1) is 58.5. The summed E-state index contributed by atoms with van der Waals surface area (Å²) in [4.78, 5) is 101. The van der Waals surface area contributed by atoms with Gasteiger partial charge in [0.25, 0.3) is 0 Å². The van der Waals surface area contributed by atoms with Crippen LogP contribution < -0.4 is 21.3 Å². The van der Waals surface area contributed by atoms with Crippen LogP contribution in [-0.2, 0) is 49.4 Å². The van der Waals surface area contributed by atoms with Crippen LogP contribution in [-0.4, -0.2) is 170 Å². The van der Waals surface area contributed by atoms with E-state index in [1.54, 1.807) is 77.9 Å². The van der Waals surface area contributed by atoms with Crippen LogP contribution in [0.1, 0.15) is 120 Å². The molecule has 1 aliphatic heterocycles. The van der Waals surface area contributed by atoms with Crippen molar-refractivity contribution >= 4 is 47.2 Å². The first-order chi connectivity index (χ1) is 32.2. The number of nitrogens with zero attached hydrogens (tertiary/aromatic N) is 4. The molecule has 18 nitrogen and oxygen atoms in total. The maximum Gasteiger partial charge on any atom is 0.408 e. The van der Waals surface area contributed by atoms with Gasteiger partial charge < -0.3 is 50.2 Å². The van der Waals surface area contributed by atoms with Crippen LogP contribution >= 0.6 is 0 Å². The Kier molecular flexibility index (Phi) is 21.9. The third kappa shape index (κ3) is 15.6. The van der Waals surface area contributed by atoms with Crippen molar-refractivity contribution in [2.75, 3.05) is 60.8 Å². The Labute approximate surface area is 412 Å². The molecule has 2 aliphatic rings. The first-order valence-corrected chi connectivity index (χ1v) is 24.8. The smallest absolute Gasteiger partial charge is 0.408 e. The lowest BCUT2D eigenvalue weighted by Gasteiger charge is -2.46. The average Bonchev–Trinajstić information content (AvgIpc) is 3.75. The van der Waals surface area contributed by atoms with Crippen LogP contribution in [0.2, 0.25) is 0 Å². The monoisotopic (exact) mass is 971 g/mol. The Balaban J connectivity index is 1.64. The van der Waals surface area contributed by atoms with Gasteiger partial charge >= 0.3 is 6.09 Å². The third-order valence-corrected chi connectivity index (χ3v) is 14.1. The molecule has 1 saturated heterocycles. The molecule has 69 heavy (non-hydrogen) atoms. The van der Waals surface area contributed by atoms with Gasteiger partial charge in [0, 0.05) is 47.1 Å². The van der Waals surface area contributed by atoms with E-state index < -0.39 is 71.3 Å². The highest BCUT2D eigenvalue weighted by molar-refractivity contribution is 5.98. The zero-order chi connectivity index (χ0) is 52.1. The van der Waals surface area contributed by atoms with Gasteiger partial charge in [-0.15, -0.1) is 0 Å². The molecule has 0 radical (unpaired) electrons. The van der Waals surface area contributed by atoms with Crippen LogP contribution in [0.3, 0.4) is 0 Å². The van der Waals surface area contributed by atoms with Crippen molar-refractivity contribution in [2.24, 2.45) is 17.8 Å². The highest BCUT2D eigenvalue weighted by Crippen LogP contribution is 2.37. The molecule has 3 rings (SSSR count). The molecule has 1 heterocycles. The van der Waals surface area contributed by atoms with Gasteiger partial charge in [-0.1, -0.05) is 53.2 Å². The lowest BCUT2D eigenvalue weighted by molar-refractivity contribution is -0.150. The molecule has 2 fully saturated rings. The molecule has 0 aromatic heterocycles. The van der Waals surface area contributed by atoms with Gasteiger partial charge in [-0.25, -0.2) is 4.79 Å². The van der Waals surface area contributed by atoms with Crippen molar-refractivity contribution in [1.29, 1.82) is 0 Å². The summed E-state index contributed by atoms with van der Waals surface area (Å²) in [7, 11) is 10.4. The number of methoxy groups -OCH3 is 2. The number of likely N-dealkylation sites (tertiary alicyclic amines) is 1. The van der Waals surface area contributed by atoms with E-state index in [0.717, 1.165) is 37.7 Å². The molecule has 1 aromatic rings. The van der Waals surface area contributed by atoms with Gasteiger partial charge in [-0.05, 0) is 117 Å². The van der Waals surface area contributed by atoms with E-state index in [1.807, 2.05) is 70.6 Å². The molecular formula is C51H86N8O10. The molecule has 390 valence electrons. The number of amides is 7. The number of carbonyl (C=O) groups excluding carboxylic acids is 7. The maximum atomic E-state index is 14.4. The Bertz CT molecular complexity index is 1920. The minimum absolute atomic E-state index is 0.0142. The third-order valence-electron chi connectivity index (χ3n) is 14.1. The number of alkyl carbamates (subject to hydrolysis) is 1. The zero-order valence-corrected chi connectivity index (χ0v) is 44.5. The normalized spacial score (nSPS) is 19.2. The van der Waals surface area contributed by atoms with Crippen molar-refractivity contribution in [3.05, 3.63) is 29.8 Å². The lowest BCUT2D eigenvalue weighted by atomic mass is 9.74. The lowest BCUT2D eigenvalue weighted by Crippen LogP contribution is -2.65. The van der Waals surface area contributed by atoms with Crippen molar-refractivity contribution in [3.8, 4) is 0 Å². The van der Waals surface area contributed by atoms with E-state index in [1.165, 1.54) is 6.92 Å². The van der Waals surface area contributed by atoms with Crippen molar-refractivity contribution in [3.63, 3.8) is 0 Å². The van der Waals surface area contributed by atoms with Crippen LogP contribution in [0.15, 0.2) is 24.3 Å². The van der Waals surface area contributed by atoms with Crippen LogP contribution in [0.4, 0.5) is 10.5 Å². The topological polar surface area (TPSA) is 208 Å². The molecule has 9 atom stereocenters. The fourth-order valence-electron chi connectivity index (χ4n) is 9.46. The number of benzene rings is 1. The molecule has 1 aliphatic carbocycles. The number of hydrogen-bond acceptors (Lipinski definition) is 11. The molecule has 1 aromatic carbocycles. The fourth-order valence-corrected chi connectivity index (χ4v) is 9.46. The summed E-state index contributed by atoms with van der Waals surface area (Å²) in [5.74, 6) is -2.46. The number of ether oxygens (including phenoxy) is 3. The van der Waals surface area contributed by atoms with E-state index in [9.17, 15) is 33.6 Å². The number of carbonyl (C=O) groups is 7. The van der Waals surface area contributed by atoms with Crippen LogP contribution in [0.25, 0.3) is 0 Å². The van der Waals surface area contributed by atoms with Crippen LogP contribution in [0, 0.1) is 17.8 Å². The average molecular weight is 971 g/mol. The number of nitrogens with one attached hydrogen (secondary N) is 4. The number of likely N-dealkylation sites (N-methyl/N-ethyl adjacent to an activating group) is 3. The molecule has 0 spiro atoms. The highest BCUT2D eigenvalue weighted by atomic mass is 16.6. The predicted molar refractivity (Wildman–Crippen MR) is 266 cm³/mol. The van der Waals surface area contributed by atoms with Gasteiger partial charge in [0.15, 0.2) is 0 Å². The molecule has 18 heteroatoms. The van der Waals surface area contributed by atoms with Gasteiger partial charge in [0.1, 0.15) is 23.7 Å². The van der Waals surface area contributed by atoms with Gasteiger partial charge in [-0.2, -0.15) is 0 Å². The molecular weight excluding hydrogens is 885 g/mol. The summed E-state index contributed by atoms with van der Waals surface area (Å²) in [5.41, 5.74) is 0.0280. The molecule has 0 unspecified atom stereocenters. The summed E-state index contributed by atoms with van der Waals surface area (Å²) in [6.07, 6.45) is 3.08. The summed E-state index contributed by atoms with van der Waals surface area (Å²) in [5, 5.41) is 11.0. The van der Waals surface area contributed by atoms with E-state index >= 15 is 0 Å². The minimum Gasteiger partial charge on any atom is -0.444 e. The molecule has 7 amide bonds. The second-order valence-corrected chi connectivity index (χ2v) is 20.9. The minimum atomic E-state index is -0.937. The van der Waals surface area contributed by atoms with Gasteiger partial charge in [0.05, 0.1) is 42.2 Å². The van der Waals surface area contributed by atoms with Crippen molar-refractivity contribution < 1.29 is 47.8 Å². The van der Waals surface area contributed by atoms with E-state index in [2.05, 4.69) is 21.3 Å². The zero-order valence-electron chi connectivity index (χ0n) is 44.5. The number of hydrogen-bond donors (Lipinski definition) is 4. The largest absolute Gasteiger partial charge is 0.444 e. The van der Waals surface area contributed by atoms with E-state index in [0.29, 0.717) is 31.6 Å². The quantitative estimate of drug-likeness (QED) is 0.113. The number of anilines is 1. The van der Waals surface area contributed by atoms with Gasteiger partial charge in [-0.3, -0.25) is 33.7 Å². The summed E-state index contributed by atoms with van der Waals surface area (Å²) < 4.78 is 17.3. The number of rotatable bonds is 24. The second-order valence-electron chi connectivity index (χ2n) is 20.9. The maximum absolute atomic E-state index is 14.4. The SMILES string of the molecule is CC[C@H](C)[C@@H]([C@@H](CC(=O)N1CCC[C@H]1[C@H](OC)[C@@H](C)C(=O)N(C)CCc1cccc(NC(=O)[C@H](C)NC(=O)[C@H](C)NC(=O)OC(C)(C)C)c1)OC)N(C)C(=O)[C@@H](NC(=O)C1(N(C)C)CCC1)C(C)C. The molecule has 0 bridgehead atoms. The summed E-state index contributed by atoms with van der Waals surface area (Å²) in [6.45, 7) is 18.8.